The fraction of sp³-hybridized carbons (Fsp3) is 0.478. The molecule has 0 radical (unpaired) electrons. The van der Waals surface area contributed by atoms with Gasteiger partial charge >= 0.3 is 0 Å². The third-order valence-electron chi connectivity index (χ3n) is 3.79. The van der Waals surface area contributed by atoms with Gasteiger partial charge in [-0.1, -0.05) is 64.6 Å². The minimum Gasteiger partial charge on any atom is -0.494 e. The van der Waals surface area contributed by atoms with E-state index in [1.54, 1.807) is 0 Å². The van der Waals surface area contributed by atoms with E-state index in [4.69, 9.17) is 4.74 Å². The van der Waals surface area contributed by atoms with Gasteiger partial charge in [0.05, 0.1) is 15.6 Å². The SMILES string of the molecule is CCCCCCCCOc1ccc(C(C#CC#C[Si](C)(C)C)=C(Br)Br)cc1. The molecule has 0 saturated heterocycles. The number of ether oxygens (including phenoxy) is 1. The van der Waals surface area contributed by atoms with Crippen LogP contribution in [0.15, 0.2) is 27.7 Å². The van der Waals surface area contributed by atoms with Gasteiger partial charge in [-0.25, -0.2) is 0 Å². The zero-order chi connectivity index (χ0) is 20.1. The van der Waals surface area contributed by atoms with Crippen LogP contribution in [0, 0.1) is 23.3 Å². The molecule has 0 saturated carbocycles. The number of hydrogen-bond donors (Lipinski definition) is 0. The van der Waals surface area contributed by atoms with Crippen LogP contribution >= 0.6 is 31.9 Å². The van der Waals surface area contributed by atoms with Crippen molar-refractivity contribution in [1.29, 1.82) is 0 Å². The molecule has 0 spiro atoms. The summed E-state index contributed by atoms with van der Waals surface area (Å²) in [6.07, 6.45) is 7.64. The van der Waals surface area contributed by atoms with Gasteiger partial charge in [-0.15, -0.1) is 5.54 Å². The van der Waals surface area contributed by atoms with Crippen molar-refractivity contribution >= 4 is 45.5 Å². The highest BCUT2D eigenvalue weighted by Crippen LogP contribution is 2.28. The van der Waals surface area contributed by atoms with E-state index in [9.17, 15) is 0 Å². The van der Waals surface area contributed by atoms with E-state index >= 15 is 0 Å². The summed E-state index contributed by atoms with van der Waals surface area (Å²) in [4.78, 5) is 0. The van der Waals surface area contributed by atoms with Crippen molar-refractivity contribution in [2.24, 2.45) is 0 Å². The maximum absolute atomic E-state index is 5.85. The van der Waals surface area contributed by atoms with Gasteiger partial charge in [0.15, 0.2) is 0 Å². The van der Waals surface area contributed by atoms with E-state index in [1.807, 2.05) is 24.3 Å². The average molecular weight is 510 g/mol. The Hall–Kier alpha value is -0.943. The first-order valence-corrected chi connectivity index (χ1v) is 14.7. The van der Waals surface area contributed by atoms with Crippen molar-refractivity contribution in [3.8, 4) is 29.1 Å². The molecular formula is C23H30Br2OSi. The minimum atomic E-state index is -1.39. The lowest BCUT2D eigenvalue weighted by Crippen LogP contribution is -2.16. The highest BCUT2D eigenvalue weighted by atomic mass is 79.9. The Bertz CT molecular complexity index is 718. The Morgan fingerprint density at radius 3 is 2.15 bits per heavy atom. The summed E-state index contributed by atoms with van der Waals surface area (Å²) in [6.45, 7) is 9.66. The third kappa shape index (κ3) is 11.5. The summed E-state index contributed by atoms with van der Waals surface area (Å²) in [6, 6.07) is 8.08. The molecule has 0 aromatic heterocycles. The minimum absolute atomic E-state index is 0.780. The summed E-state index contributed by atoms with van der Waals surface area (Å²) < 4.78 is 6.68. The number of halogens is 2. The molecule has 0 atom stereocenters. The van der Waals surface area contributed by atoms with Gasteiger partial charge in [-0.3, -0.25) is 0 Å². The number of rotatable bonds is 9. The molecule has 0 bridgehead atoms. The summed E-state index contributed by atoms with van der Waals surface area (Å²) in [5.74, 6) is 10.0. The van der Waals surface area contributed by atoms with Gasteiger partial charge in [0.25, 0.3) is 0 Å². The summed E-state index contributed by atoms with van der Waals surface area (Å²) in [7, 11) is -1.39. The fourth-order valence-electron chi connectivity index (χ4n) is 2.33. The lowest BCUT2D eigenvalue weighted by molar-refractivity contribution is 0.304. The van der Waals surface area contributed by atoms with Gasteiger partial charge in [0.2, 0.25) is 0 Å². The van der Waals surface area contributed by atoms with E-state index in [-0.39, 0.29) is 0 Å². The molecule has 0 aliphatic heterocycles. The van der Waals surface area contributed by atoms with Crippen LogP contribution in [0.1, 0.15) is 51.0 Å². The number of unbranched alkanes of at least 4 members (excludes halogenated alkanes) is 5. The molecular weight excluding hydrogens is 480 g/mol. The van der Waals surface area contributed by atoms with Crippen LogP contribution in [0.25, 0.3) is 5.57 Å². The molecule has 1 rings (SSSR count). The molecule has 0 fully saturated rings. The Labute approximate surface area is 183 Å². The molecule has 0 aliphatic rings. The zero-order valence-corrected chi connectivity index (χ0v) is 21.1. The first-order valence-electron chi connectivity index (χ1n) is 9.65. The second-order valence-corrected chi connectivity index (χ2v) is 14.9. The Kier molecular flexibility index (Phi) is 11.8. The molecule has 1 nitrogen and oxygen atoms in total. The fourth-order valence-corrected chi connectivity index (χ4v) is 3.42. The highest BCUT2D eigenvalue weighted by Gasteiger charge is 2.07. The maximum Gasteiger partial charge on any atom is 0.130 e. The van der Waals surface area contributed by atoms with Gasteiger partial charge < -0.3 is 4.74 Å². The van der Waals surface area contributed by atoms with Crippen molar-refractivity contribution < 1.29 is 4.74 Å². The number of benzene rings is 1. The van der Waals surface area contributed by atoms with Crippen LogP contribution in [-0.4, -0.2) is 14.7 Å². The quantitative estimate of drug-likeness (QED) is 0.187. The summed E-state index contributed by atoms with van der Waals surface area (Å²) in [5, 5.41) is 0. The summed E-state index contributed by atoms with van der Waals surface area (Å²) >= 11 is 6.98. The summed E-state index contributed by atoms with van der Waals surface area (Å²) in [5.41, 5.74) is 5.19. The Morgan fingerprint density at radius 1 is 0.926 bits per heavy atom. The van der Waals surface area contributed by atoms with E-state index in [2.05, 4.69) is 81.7 Å². The van der Waals surface area contributed by atoms with Crippen molar-refractivity contribution in [2.45, 2.75) is 65.1 Å². The second kappa shape index (κ2) is 13.3. The molecule has 0 amide bonds. The predicted octanol–water partition coefficient (Wildman–Crippen LogP) is 7.77. The molecule has 1 aromatic rings. The maximum atomic E-state index is 5.85. The van der Waals surface area contributed by atoms with E-state index in [1.165, 1.54) is 32.1 Å². The van der Waals surface area contributed by atoms with Gasteiger partial charge in [-0.2, -0.15) is 0 Å². The lowest BCUT2D eigenvalue weighted by Gasteiger charge is -2.07. The van der Waals surface area contributed by atoms with Crippen LogP contribution in [-0.2, 0) is 0 Å². The third-order valence-corrected chi connectivity index (χ3v) is 5.45. The van der Waals surface area contributed by atoms with E-state index < -0.39 is 8.07 Å². The standard InChI is InChI=1S/C23H30Br2OSi/c1-5-6-7-8-9-11-18-26-21-16-14-20(15-17-21)22(23(24)25)13-10-12-19-27(2,3)4/h14-17H,5-9,11,18H2,1-4H3. The first kappa shape index (κ1) is 24.1. The van der Waals surface area contributed by atoms with Crippen LogP contribution in [0.3, 0.4) is 0 Å². The molecule has 4 heteroatoms. The van der Waals surface area contributed by atoms with Gasteiger partial charge in [0, 0.05) is 0 Å². The smallest absolute Gasteiger partial charge is 0.130 e. The highest BCUT2D eigenvalue weighted by molar-refractivity contribution is 9.28. The first-order chi connectivity index (χ1) is 12.8. The monoisotopic (exact) mass is 508 g/mol. The molecule has 0 aliphatic carbocycles. The largest absolute Gasteiger partial charge is 0.494 e. The van der Waals surface area contributed by atoms with E-state index in [0.717, 1.165) is 33.3 Å². The van der Waals surface area contributed by atoms with Crippen molar-refractivity contribution in [2.75, 3.05) is 6.61 Å². The van der Waals surface area contributed by atoms with Crippen LogP contribution in [0.5, 0.6) is 5.75 Å². The molecule has 0 heterocycles. The van der Waals surface area contributed by atoms with Gasteiger partial charge in [-0.05, 0) is 80.0 Å². The van der Waals surface area contributed by atoms with Crippen molar-refractivity contribution in [3.63, 3.8) is 0 Å². The molecule has 27 heavy (non-hydrogen) atoms. The lowest BCUT2D eigenvalue weighted by atomic mass is 10.1. The zero-order valence-electron chi connectivity index (χ0n) is 16.9. The second-order valence-electron chi connectivity index (χ2n) is 7.53. The molecule has 1 aromatic carbocycles. The van der Waals surface area contributed by atoms with Crippen molar-refractivity contribution in [1.82, 2.24) is 0 Å². The Morgan fingerprint density at radius 2 is 1.56 bits per heavy atom. The Balaban J connectivity index is 2.61. The van der Waals surface area contributed by atoms with Gasteiger partial charge in [0.1, 0.15) is 13.8 Å². The van der Waals surface area contributed by atoms with Crippen molar-refractivity contribution in [3.05, 3.63) is 33.2 Å². The van der Waals surface area contributed by atoms with Crippen LogP contribution in [0.4, 0.5) is 0 Å². The number of hydrogen-bond acceptors (Lipinski definition) is 1. The van der Waals surface area contributed by atoms with Crippen LogP contribution < -0.4 is 4.74 Å². The molecule has 146 valence electrons. The molecule has 0 N–H and O–H groups in total. The van der Waals surface area contributed by atoms with E-state index in [0.29, 0.717) is 0 Å². The number of allylic oxidation sites excluding steroid dienone is 1. The predicted molar refractivity (Wildman–Crippen MR) is 129 cm³/mol. The normalized spacial score (nSPS) is 10.3. The van der Waals surface area contributed by atoms with Crippen LogP contribution in [0.2, 0.25) is 19.6 Å². The topological polar surface area (TPSA) is 9.23 Å². The average Bonchev–Trinajstić information content (AvgIpc) is 2.60. The molecule has 0 unspecified atom stereocenters.